The molecule has 1 saturated carbocycles. The summed E-state index contributed by atoms with van der Waals surface area (Å²) in [6.07, 6.45) is 6.32. The van der Waals surface area contributed by atoms with Crippen LogP contribution in [0.1, 0.15) is 65.2 Å². The Bertz CT molecular complexity index is 917. The van der Waals surface area contributed by atoms with E-state index < -0.39 is 11.9 Å². The fourth-order valence-electron chi connectivity index (χ4n) is 4.61. The van der Waals surface area contributed by atoms with Gasteiger partial charge in [0.05, 0.1) is 17.7 Å². The maximum atomic E-state index is 12.5. The van der Waals surface area contributed by atoms with Crippen LogP contribution in [-0.2, 0) is 29.0 Å². The molecule has 0 aromatic heterocycles. The SMILES string of the molecule is CCc1c(C)c2c(c(NC(=O)N(C)C)c1CC=C1CCCC1CC(=O)O)C(=O)OC2. The van der Waals surface area contributed by atoms with Gasteiger partial charge in [0.1, 0.15) is 6.61 Å². The summed E-state index contributed by atoms with van der Waals surface area (Å²) < 4.78 is 5.30. The number of rotatable bonds is 6. The van der Waals surface area contributed by atoms with Crippen molar-refractivity contribution in [2.24, 2.45) is 5.92 Å². The van der Waals surface area contributed by atoms with Crippen LogP contribution < -0.4 is 5.32 Å². The highest BCUT2D eigenvalue weighted by Gasteiger charge is 2.32. The average Bonchev–Trinajstić information content (AvgIpc) is 3.28. The van der Waals surface area contributed by atoms with Crippen molar-refractivity contribution in [2.75, 3.05) is 19.4 Å². The number of cyclic esters (lactones) is 1. The summed E-state index contributed by atoms with van der Waals surface area (Å²) in [5.74, 6) is -1.13. The van der Waals surface area contributed by atoms with E-state index in [-0.39, 0.29) is 25.0 Å². The summed E-state index contributed by atoms with van der Waals surface area (Å²) in [5.41, 5.74) is 6.02. The van der Waals surface area contributed by atoms with Crippen molar-refractivity contribution in [3.05, 3.63) is 39.5 Å². The highest BCUT2D eigenvalue weighted by Crippen LogP contribution is 2.39. The molecule has 2 N–H and O–H groups in total. The molecule has 0 saturated heterocycles. The molecular weight excluding hydrogens is 384 g/mol. The topological polar surface area (TPSA) is 95.9 Å². The van der Waals surface area contributed by atoms with Crippen molar-refractivity contribution in [1.82, 2.24) is 4.90 Å². The van der Waals surface area contributed by atoms with Crippen molar-refractivity contribution in [2.45, 2.75) is 59.0 Å². The van der Waals surface area contributed by atoms with Crippen molar-refractivity contribution >= 4 is 23.7 Å². The van der Waals surface area contributed by atoms with Crippen LogP contribution in [0.3, 0.4) is 0 Å². The zero-order valence-electron chi connectivity index (χ0n) is 18.1. The Balaban J connectivity index is 2.08. The Labute approximate surface area is 177 Å². The third-order valence-corrected chi connectivity index (χ3v) is 6.20. The van der Waals surface area contributed by atoms with Crippen LogP contribution in [0.25, 0.3) is 0 Å². The van der Waals surface area contributed by atoms with Gasteiger partial charge >= 0.3 is 18.0 Å². The molecule has 1 fully saturated rings. The molecule has 162 valence electrons. The van der Waals surface area contributed by atoms with Gasteiger partial charge in [-0.15, -0.1) is 0 Å². The summed E-state index contributed by atoms with van der Waals surface area (Å²) in [5, 5.41) is 12.1. The summed E-state index contributed by atoms with van der Waals surface area (Å²) in [6.45, 7) is 4.28. The van der Waals surface area contributed by atoms with Crippen LogP contribution in [0.5, 0.6) is 0 Å². The van der Waals surface area contributed by atoms with E-state index in [1.54, 1.807) is 14.1 Å². The first-order valence-corrected chi connectivity index (χ1v) is 10.5. The van der Waals surface area contributed by atoms with Crippen LogP contribution in [0, 0.1) is 12.8 Å². The first kappa shape index (κ1) is 21.9. The molecule has 0 spiro atoms. The Morgan fingerprint density at radius 1 is 1.30 bits per heavy atom. The number of carboxylic acids is 1. The molecule has 0 radical (unpaired) electrons. The molecule has 1 aromatic carbocycles. The fraction of sp³-hybridized carbons (Fsp3) is 0.522. The van der Waals surface area contributed by atoms with Crippen LogP contribution in [0.15, 0.2) is 11.6 Å². The van der Waals surface area contributed by atoms with E-state index >= 15 is 0 Å². The number of nitrogens with zero attached hydrogens (tertiary/aromatic N) is 1. The number of fused-ring (bicyclic) bond motifs is 1. The minimum Gasteiger partial charge on any atom is -0.481 e. The third-order valence-electron chi connectivity index (χ3n) is 6.20. The maximum absolute atomic E-state index is 12.5. The van der Waals surface area contributed by atoms with Gasteiger partial charge < -0.3 is 20.1 Å². The van der Waals surface area contributed by atoms with Crippen LogP contribution in [0.4, 0.5) is 10.5 Å². The number of anilines is 1. The Morgan fingerprint density at radius 2 is 2.03 bits per heavy atom. The molecule has 1 heterocycles. The summed E-state index contributed by atoms with van der Waals surface area (Å²) >= 11 is 0. The van der Waals surface area contributed by atoms with Crippen molar-refractivity contribution < 1.29 is 24.2 Å². The number of allylic oxidation sites excluding steroid dienone is 2. The van der Waals surface area contributed by atoms with Gasteiger partial charge in [-0.1, -0.05) is 18.6 Å². The minimum absolute atomic E-state index is 0.0629. The monoisotopic (exact) mass is 414 g/mol. The van der Waals surface area contributed by atoms with Gasteiger partial charge in [-0.05, 0) is 61.6 Å². The van der Waals surface area contributed by atoms with Crippen molar-refractivity contribution in [3.63, 3.8) is 0 Å². The third kappa shape index (κ3) is 4.20. The van der Waals surface area contributed by atoms with E-state index in [2.05, 4.69) is 18.3 Å². The van der Waals surface area contributed by atoms with Crippen LogP contribution >= 0.6 is 0 Å². The fourth-order valence-corrected chi connectivity index (χ4v) is 4.61. The second-order valence-corrected chi connectivity index (χ2v) is 8.24. The quantitative estimate of drug-likeness (QED) is 0.540. The number of carbonyl (C=O) groups excluding carboxylic acids is 2. The Kier molecular flexibility index (Phi) is 6.48. The van der Waals surface area contributed by atoms with Gasteiger partial charge in [-0.2, -0.15) is 0 Å². The van der Waals surface area contributed by atoms with E-state index in [9.17, 15) is 19.5 Å². The van der Waals surface area contributed by atoms with Crippen molar-refractivity contribution in [3.8, 4) is 0 Å². The molecule has 2 amide bonds. The Hall–Kier alpha value is -2.83. The number of benzene rings is 1. The van der Waals surface area contributed by atoms with Gasteiger partial charge in [-0.25, -0.2) is 9.59 Å². The molecule has 1 aromatic rings. The summed E-state index contributed by atoms with van der Waals surface area (Å²) in [4.78, 5) is 37.6. The molecule has 1 unspecified atom stereocenters. The zero-order chi connectivity index (χ0) is 22.0. The minimum atomic E-state index is -0.780. The second kappa shape index (κ2) is 8.90. The number of aliphatic carboxylic acids is 1. The number of ether oxygens (including phenoxy) is 1. The second-order valence-electron chi connectivity index (χ2n) is 8.24. The lowest BCUT2D eigenvalue weighted by molar-refractivity contribution is -0.137. The highest BCUT2D eigenvalue weighted by molar-refractivity contribution is 6.05. The standard InChI is InChI=1S/C23H30N2O5/c1-5-16-13(2)18-12-30-22(28)20(18)21(24-23(29)25(3)4)17(16)10-9-14-7-6-8-15(14)11-19(26)27/h9,15H,5-8,10-12H2,1-4H3,(H,24,29)(H,26,27). The van der Waals surface area contributed by atoms with Gasteiger partial charge in [-0.3, -0.25) is 4.79 Å². The first-order chi connectivity index (χ1) is 14.2. The molecule has 3 rings (SSSR count). The van der Waals surface area contributed by atoms with Gasteiger partial charge in [0.25, 0.3) is 0 Å². The number of hydrogen-bond donors (Lipinski definition) is 2. The van der Waals surface area contributed by atoms with Gasteiger partial charge in [0, 0.05) is 19.7 Å². The van der Waals surface area contributed by atoms with Crippen LogP contribution in [-0.4, -0.2) is 42.1 Å². The average molecular weight is 415 g/mol. The van der Waals surface area contributed by atoms with Gasteiger partial charge in [0.2, 0.25) is 0 Å². The largest absolute Gasteiger partial charge is 0.481 e. The lowest BCUT2D eigenvalue weighted by Gasteiger charge is -2.22. The Morgan fingerprint density at radius 3 is 2.67 bits per heavy atom. The molecule has 1 aliphatic heterocycles. The molecule has 7 nitrogen and oxygen atoms in total. The summed E-state index contributed by atoms with van der Waals surface area (Å²) in [6, 6.07) is -0.304. The lowest BCUT2D eigenvalue weighted by Crippen LogP contribution is -2.29. The van der Waals surface area contributed by atoms with Gasteiger partial charge in [0.15, 0.2) is 0 Å². The maximum Gasteiger partial charge on any atom is 0.341 e. The molecule has 30 heavy (non-hydrogen) atoms. The molecule has 7 heteroatoms. The first-order valence-electron chi connectivity index (χ1n) is 10.5. The normalized spacial score (nSPS) is 19.0. The van der Waals surface area contributed by atoms with E-state index in [4.69, 9.17) is 4.74 Å². The molecule has 1 aliphatic carbocycles. The number of carboxylic acid groups (broad SMARTS) is 1. The van der Waals surface area contributed by atoms with E-state index in [1.165, 1.54) is 4.90 Å². The van der Waals surface area contributed by atoms with Crippen LogP contribution in [0.2, 0.25) is 0 Å². The zero-order valence-corrected chi connectivity index (χ0v) is 18.1. The van der Waals surface area contributed by atoms with E-state index in [1.807, 2.05) is 6.92 Å². The van der Waals surface area contributed by atoms with E-state index in [0.717, 1.165) is 53.5 Å². The lowest BCUT2D eigenvalue weighted by atomic mass is 9.87. The predicted octanol–water partition coefficient (Wildman–Crippen LogP) is 4.07. The highest BCUT2D eigenvalue weighted by atomic mass is 16.5. The molecular formula is C23H30N2O5. The number of nitrogens with one attached hydrogen (secondary N) is 1. The van der Waals surface area contributed by atoms with E-state index in [0.29, 0.717) is 17.7 Å². The number of amides is 2. The molecule has 0 bridgehead atoms. The number of urea groups is 1. The number of esters is 1. The number of carbonyl (C=O) groups is 3. The smallest absolute Gasteiger partial charge is 0.341 e. The summed E-state index contributed by atoms with van der Waals surface area (Å²) in [7, 11) is 3.30. The number of hydrogen-bond acceptors (Lipinski definition) is 4. The van der Waals surface area contributed by atoms with Crippen molar-refractivity contribution in [1.29, 1.82) is 0 Å². The predicted molar refractivity (Wildman–Crippen MR) is 114 cm³/mol. The molecule has 1 atom stereocenters. The molecule has 2 aliphatic rings.